The number of benzene rings is 2. The molecule has 0 radical (unpaired) electrons. The highest BCUT2D eigenvalue weighted by atomic mass is 32.2. The van der Waals surface area contributed by atoms with Crippen LogP contribution in [0.15, 0.2) is 42.6 Å². The van der Waals surface area contributed by atoms with Crippen molar-refractivity contribution in [3.8, 4) is 5.75 Å². The zero-order valence-corrected chi connectivity index (χ0v) is 19.4. The van der Waals surface area contributed by atoms with Gasteiger partial charge in [-0.25, -0.2) is 9.93 Å². The number of fused-ring (bicyclic) bond motifs is 1. The van der Waals surface area contributed by atoms with E-state index >= 15 is 0 Å². The van der Waals surface area contributed by atoms with Gasteiger partial charge in [-0.1, -0.05) is 12.1 Å². The molecule has 9 nitrogen and oxygen atoms in total. The summed E-state index contributed by atoms with van der Waals surface area (Å²) in [5.41, 5.74) is 4.31. The van der Waals surface area contributed by atoms with Crippen LogP contribution in [0.5, 0.6) is 5.75 Å². The molecule has 1 aliphatic heterocycles. The average Bonchev–Trinajstić information content (AvgIpc) is 3.26. The minimum Gasteiger partial charge on any atom is -0.496 e. The van der Waals surface area contributed by atoms with Gasteiger partial charge in [-0.15, -0.1) is 0 Å². The number of H-pyrrole nitrogens is 1. The third-order valence-electron chi connectivity index (χ3n) is 6.28. The second kappa shape index (κ2) is 9.14. The van der Waals surface area contributed by atoms with E-state index in [0.29, 0.717) is 25.9 Å². The van der Waals surface area contributed by atoms with Crippen molar-refractivity contribution in [1.82, 2.24) is 14.6 Å². The highest BCUT2D eigenvalue weighted by molar-refractivity contribution is 7.87. The van der Waals surface area contributed by atoms with Crippen LogP contribution in [0.4, 0.5) is 0 Å². The van der Waals surface area contributed by atoms with Gasteiger partial charge in [0.15, 0.2) is 0 Å². The summed E-state index contributed by atoms with van der Waals surface area (Å²) >= 11 is 0. The average molecular weight is 473 g/mol. The predicted molar refractivity (Wildman–Crippen MR) is 125 cm³/mol. The Morgan fingerprint density at radius 2 is 2.03 bits per heavy atom. The van der Waals surface area contributed by atoms with Crippen LogP contribution in [0.3, 0.4) is 0 Å². The predicted octanol–water partition coefficient (Wildman–Crippen LogP) is 2.68. The van der Waals surface area contributed by atoms with Gasteiger partial charge in [-0.2, -0.15) is 13.1 Å². The van der Waals surface area contributed by atoms with Gasteiger partial charge in [0.1, 0.15) is 5.75 Å². The number of likely N-dealkylation sites (tertiary alicyclic amines) is 1. The molecule has 5 N–H and O–H groups in total. The van der Waals surface area contributed by atoms with E-state index in [4.69, 9.17) is 9.88 Å². The minimum atomic E-state index is -3.83. The van der Waals surface area contributed by atoms with Crippen molar-refractivity contribution in [1.29, 1.82) is 0 Å². The van der Waals surface area contributed by atoms with Gasteiger partial charge >= 0.3 is 5.97 Å². The molecule has 0 amide bonds. The molecule has 2 atom stereocenters. The van der Waals surface area contributed by atoms with E-state index in [1.807, 2.05) is 25.3 Å². The first-order chi connectivity index (χ1) is 15.7. The number of rotatable bonds is 7. The Kier molecular flexibility index (Phi) is 6.44. The maximum Gasteiger partial charge on any atom is 0.335 e. The normalized spacial score (nSPS) is 19.6. The molecule has 2 aromatic carbocycles. The largest absolute Gasteiger partial charge is 0.496 e. The Labute approximate surface area is 192 Å². The Bertz CT molecular complexity index is 1270. The molecule has 0 spiro atoms. The SMILES string of the molecule is COc1cc(C)c2[nH]ccc2c1CN1CC[C@@H](NS(N)(=O)=O)C[C@@H]1c1ccc(C(=O)O)cc1. The number of methoxy groups -OCH3 is 1. The summed E-state index contributed by atoms with van der Waals surface area (Å²) in [5.74, 6) is -0.195. The number of aromatic carboxylic acids is 1. The molecule has 0 bridgehead atoms. The number of hydrogen-bond acceptors (Lipinski definition) is 5. The fraction of sp³-hybridized carbons (Fsp3) is 0.348. The van der Waals surface area contributed by atoms with Crippen molar-refractivity contribution in [3.05, 3.63) is 64.8 Å². The minimum absolute atomic E-state index is 0.138. The van der Waals surface area contributed by atoms with Gasteiger partial charge in [-0.05, 0) is 55.2 Å². The monoisotopic (exact) mass is 472 g/mol. The molecule has 1 fully saturated rings. The summed E-state index contributed by atoms with van der Waals surface area (Å²) in [6, 6.07) is 10.3. The quantitative estimate of drug-likeness (QED) is 0.417. The Hall–Kier alpha value is -2.92. The van der Waals surface area contributed by atoms with E-state index < -0.39 is 16.2 Å². The number of piperidine rings is 1. The van der Waals surface area contributed by atoms with Gasteiger partial charge in [0.2, 0.25) is 0 Å². The number of carboxylic acid groups (broad SMARTS) is 1. The summed E-state index contributed by atoms with van der Waals surface area (Å²) in [7, 11) is -2.18. The van der Waals surface area contributed by atoms with Crippen molar-refractivity contribution in [2.75, 3.05) is 13.7 Å². The van der Waals surface area contributed by atoms with Crippen molar-refractivity contribution in [3.63, 3.8) is 0 Å². The summed E-state index contributed by atoms with van der Waals surface area (Å²) < 4.78 is 31.5. The summed E-state index contributed by atoms with van der Waals surface area (Å²) in [6.07, 6.45) is 3.02. The molecule has 4 rings (SSSR count). The Balaban J connectivity index is 1.70. The molecular formula is C23H28N4O5S. The van der Waals surface area contributed by atoms with Crippen molar-refractivity contribution in [2.24, 2.45) is 5.14 Å². The molecule has 0 aliphatic carbocycles. The Morgan fingerprint density at radius 1 is 1.30 bits per heavy atom. The second-order valence-electron chi connectivity index (χ2n) is 8.44. The fourth-order valence-electron chi connectivity index (χ4n) is 4.72. The van der Waals surface area contributed by atoms with Gasteiger partial charge < -0.3 is 14.8 Å². The molecule has 0 saturated carbocycles. The number of aryl methyl sites for hydroxylation is 1. The molecule has 1 saturated heterocycles. The second-order valence-corrected chi connectivity index (χ2v) is 9.76. The van der Waals surface area contributed by atoms with Crippen LogP contribution in [0.25, 0.3) is 10.9 Å². The standard InChI is InChI=1S/C23H28N4O5S/c1-14-11-21(32-2)19(18-7-9-25-22(14)18)13-27-10-8-17(26-33(24,30)31)12-20(27)15-3-5-16(6-4-15)23(28)29/h3-7,9,11,17,20,25-26H,8,10,12-13H2,1-2H3,(H,28,29)(H2,24,30,31)/t17-,20-/m1/s1. The number of carbonyl (C=O) groups is 1. The summed E-state index contributed by atoms with van der Waals surface area (Å²) in [6.45, 7) is 3.25. The lowest BCUT2D eigenvalue weighted by atomic mass is 9.91. The lowest BCUT2D eigenvalue weighted by Crippen LogP contribution is -2.47. The molecule has 0 unspecified atom stereocenters. The first-order valence-electron chi connectivity index (χ1n) is 10.7. The third kappa shape index (κ3) is 5.03. The first kappa shape index (κ1) is 23.2. The van der Waals surface area contributed by atoms with Crippen molar-refractivity contribution >= 4 is 27.1 Å². The molecule has 1 aliphatic rings. The number of ether oxygens (including phenoxy) is 1. The number of hydrogen-bond donors (Lipinski definition) is 4. The van der Waals surface area contributed by atoms with E-state index in [-0.39, 0.29) is 17.6 Å². The number of nitrogens with zero attached hydrogens (tertiary/aromatic N) is 1. The highest BCUT2D eigenvalue weighted by Crippen LogP contribution is 2.37. The van der Waals surface area contributed by atoms with E-state index in [2.05, 4.69) is 14.6 Å². The topological polar surface area (TPSA) is 138 Å². The summed E-state index contributed by atoms with van der Waals surface area (Å²) in [5, 5.41) is 15.6. The third-order valence-corrected chi connectivity index (χ3v) is 6.94. The number of aromatic amines is 1. The molecule has 176 valence electrons. The maximum absolute atomic E-state index is 11.6. The highest BCUT2D eigenvalue weighted by Gasteiger charge is 2.32. The number of nitrogens with two attached hydrogens (primary N) is 1. The maximum atomic E-state index is 11.6. The van der Waals surface area contributed by atoms with Crippen LogP contribution in [-0.2, 0) is 16.8 Å². The van der Waals surface area contributed by atoms with Gasteiger partial charge in [0.05, 0.1) is 12.7 Å². The number of aromatic nitrogens is 1. The van der Waals surface area contributed by atoms with Crippen molar-refractivity contribution in [2.45, 2.75) is 38.4 Å². The van der Waals surface area contributed by atoms with Gasteiger partial charge in [0.25, 0.3) is 10.2 Å². The van der Waals surface area contributed by atoms with Gasteiger partial charge in [-0.3, -0.25) is 4.90 Å². The first-order valence-corrected chi connectivity index (χ1v) is 12.2. The zero-order chi connectivity index (χ0) is 23.8. The number of nitrogens with one attached hydrogen (secondary N) is 2. The Morgan fingerprint density at radius 3 is 2.67 bits per heavy atom. The fourth-order valence-corrected chi connectivity index (χ4v) is 5.40. The molecule has 3 aromatic rings. The molecule has 10 heteroatoms. The van der Waals surface area contributed by atoms with Crippen LogP contribution in [0, 0.1) is 6.92 Å². The number of carboxylic acids is 1. The lowest BCUT2D eigenvalue weighted by molar-refractivity contribution is 0.0696. The smallest absolute Gasteiger partial charge is 0.335 e. The van der Waals surface area contributed by atoms with Crippen molar-refractivity contribution < 1.29 is 23.1 Å². The van der Waals surface area contributed by atoms with Crippen LogP contribution in [0.2, 0.25) is 0 Å². The molecule has 33 heavy (non-hydrogen) atoms. The van der Waals surface area contributed by atoms with E-state index in [1.165, 1.54) is 0 Å². The molecule has 2 heterocycles. The van der Waals surface area contributed by atoms with E-state index in [0.717, 1.165) is 33.3 Å². The van der Waals surface area contributed by atoms with Gasteiger partial charge in [0, 0.05) is 47.8 Å². The van der Waals surface area contributed by atoms with Crippen LogP contribution < -0.4 is 14.6 Å². The van der Waals surface area contributed by atoms with Crippen LogP contribution >= 0.6 is 0 Å². The van der Waals surface area contributed by atoms with E-state index in [9.17, 15) is 18.3 Å². The van der Waals surface area contributed by atoms with Crippen LogP contribution in [0.1, 0.15) is 45.9 Å². The zero-order valence-electron chi connectivity index (χ0n) is 18.5. The van der Waals surface area contributed by atoms with Crippen LogP contribution in [-0.4, -0.2) is 49.1 Å². The molecule has 1 aromatic heterocycles. The van der Waals surface area contributed by atoms with E-state index in [1.54, 1.807) is 31.4 Å². The molecular weight excluding hydrogens is 444 g/mol. The lowest BCUT2D eigenvalue weighted by Gasteiger charge is -2.40. The summed E-state index contributed by atoms with van der Waals surface area (Å²) in [4.78, 5) is 16.8.